The number of ether oxygens (including phenoxy) is 2. The second-order valence-corrected chi connectivity index (χ2v) is 9.83. The molecule has 0 aliphatic carbocycles. The summed E-state index contributed by atoms with van der Waals surface area (Å²) in [5.74, 6) is -2.54. The molecular weight excluding hydrogens is 479 g/mol. The van der Waals surface area contributed by atoms with Gasteiger partial charge in [0.2, 0.25) is 5.91 Å². The van der Waals surface area contributed by atoms with Gasteiger partial charge in [0.15, 0.2) is 17.9 Å². The third-order valence-corrected chi connectivity index (χ3v) is 5.43. The van der Waals surface area contributed by atoms with Crippen molar-refractivity contribution in [3.63, 3.8) is 0 Å². The van der Waals surface area contributed by atoms with Gasteiger partial charge in [-0.2, -0.15) is 4.98 Å². The molecule has 36 heavy (non-hydrogen) atoms. The number of alkyl carbamates (subject to hydrolysis) is 1. The number of unbranched alkanes of at least 4 members (excludes halogenated alkanes) is 2. The molecule has 0 saturated carbocycles. The van der Waals surface area contributed by atoms with Gasteiger partial charge in [-0.1, -0.05) is 12.8 Å². The fraction of sp³-hybridized carbons (Fsp3) is 0.696. The lowest BCUT2D eigenvalue weighted by molar-refractivity contribution is -0.119. The molecule has 0 aromatic carbocycles. The number of aliphatic hydroxyl groups is 2. The highest BCUT2D eigenvalue weighted by Gasteiger charge is 2.42. The number of carbonyl (C=O) groups excluding carboxylic acids is 3. The third kappa shape index (κ3) is 8.35. The Bertz CT molecular complexity index is 1010. The van der Waals surface area contributed by atoms with Crippen LogP contribution in [0.15, 0.2) is 11.0 Å². The number of ketones is 1. The summed E-state index contributed by atoms with van der Waals surface area (Å²) in [7, 11) is 0. The van der Waals surface area contributed by atoms with E-state index in [0.717, 1.165) is 0 Å². The normalized spacial score (nSPS) is 22.7. The van der Waals surface area contributed by atoms with Gasteiger partial charge in [-0.3, -0.25) is 9.36 Å². The summed E-state index contributed by atoms with van der Waals surface area (Å²) in [6.07, 6.45) is -2.77. The molecule has 4 N–H and O–H groups in total. The minimum atomic E-state index is -1.48. The molecule has 1 aliphatic heterocycles. The van der Waals surface area contributed by atoms with E-state index in [0.29, 0.717) is 36.4 Å². The van der Waals surface area contributed by atoms with Gasteiger partial charge in [0.05, 0.1) is 12.3 Å². The number of rotatable bonds is 10. The summed E-state index contributed by atoms with van der Waals surface area (Å²) in [6, 6.07) is -1.13. The van der Waals surface area contributed by atoms with E-state index in [1.165, 1.54) is 13.8 Å². The Morgan fingerprint density at radius 3 is 2.44 bits per heavy atom. The van der Waals surface area contributed by atoms with Gasteiger partial charge in [-0.05, 0) is 47.5 Å². The molecule has 2 unspecified atom stereocenters. The zero-order chi connectivity index (χ0) is 27.2. The number of anilines is 1. The standard InChI is InChI=1S/C23H35FN4O8/c1-12(29)9-7-6-8-10-15(25-22(34)36-23(3,4)5)19(32)26-18-14(24)11-28(21(33)27-18)20-17(31)16(30)13(2)35-20/h11,13,15-17,20,30-31H,6-10H2,1-5H3,(H,25,34)(H,26,27,32,33)/t13-,15?,16+,17?,20-/m1/s1. The molecule has 2 heterocycles. The van der Waals surface area contributed by atoms with Gasteiger partial charge < -0.3 is 35.1 Å². The predicted octanol–water partition coefficient (Wildman–Crippen LogP) is 1.39. The van der Waals surface area contributed by atoms with Gasteiger partial charge >= 0.3 is 11.8 Å². The Morgan fingerprint density at radius 2 is 1.89 bits per heavy atom. The first-order valence-corrected chi connectivity index (χ1v) is 11.8. The molecule has 0 bridgehead atoms. The maximum atomic E-state index is 14.8. The van der Waals surface area contributed by atoms with Crippen LogP contribution in [0, 0.1) is 5.82 Å². The van der Waals surface area contributed by atoms with Crippen LogP contribution >= 0.6 is 0 Å². The molecule has 2 rings (SSSR count). The van der Waals surface area contributed by atoms with Crippen LogP contribution in [0.3, 0.4) is 0 Å². The zero-order valence-corrected chi connectivity index (χ0v) is 21.1. The Labute approximate surface area is 208 Å². The number of Topliss-reactive ketones (excluding diaryl/α,β-unsaturated/α-hetero) is 1. The molecule has 2 amide bonds. The molecule has 1 saturated heterocycles. The molecule has 0 radical (unpaired) electrons. The van der Waals surface area contributed by atoms with Crippen molar-refractivity contribution in [2.24, 2.45) is 0 Å². The van der Waals surface area contributed by atoms with Crippen molar-refractivity contribution in [2.75, 3.05) is 5.32 Å². The fourth-order valence-electron chi connectivity index (χ4n) is 3.59. The highest BCUT2D eigenvalue weighted by molar-refractivity contribution is 5.95. The van der Waals surface area contributed by atoms with Crippen molar-refractivity contribution in [3.05, 3.63) is 22.5 Å². The molecule has 0 spiro atoms. The Balaban J connectivity index is 2.15. The first kappa shape index (κ1) is 29.3. The summed E-state index contributed by atoms with van der Waals surface area (Å²) in [5.41, 5.74) is -1.85. The summed E-state index contributed by atoms with van der Waals surface area (Å²) in [4.78, 5) is 52.2. The van der Waals surface area contributed by atoms with Crippen LogP contribution in [-0.4, -0.2) is 67.5 Å². The van der Waals surface area contributed by atoms with Crippen molar-refractivity contribution in [1.29, 1.82) is 0 Å². The van der Waals surface area contributed by atoms with Gasteiger partial charge in [-0.25, -0.2) is 14.0 Å². The van der Waals surface area contributed by atoms with Crippen LogP contribution in [-0.2, 0) is 19.1 Å². The van der Waals surface area contributed by atoms with E-state index in [1.807, 2.05) is 0 Å². The number of aliphatic hydroxyl groups excluding tert-OH is 2. The van der Waals surface area contributed by atoms with Crippen LogP contribution in [0.25, 0.3) is 0 Å². The number of hydrogen-bond acceptors (Lipinski definition) is 9. The molecule has 13 heteroatoms. The molecule has 202 valence electrons. The second-order valence-electron chi connectivity index (χ2n) is 9.83. The van der Waals surface area contributed by atoms with Crippen LogP contribution in [0.5, 0.6) is 0 Å². The number of aromatic nitrogens is 2. The van der Waals surface area contributed by atoms with Crippen LogP contribution < -0.4 is 16.3 Å². The molecule has 1 aliphatic rings. The van der Waals surface area contributed by atoms with Crippen molar-refractivity contribution in [3.8, 4) is 0 Å². The lowest BCUT2D eigenvalue weighted by atomic mass is 10.1. The average Bonchev–Trinajstić information content (AvgIpc) is 3.00. The van der Waals surface area contributed by atoms with E-state index in [1.54, 1.807) is 20.8 Å². The predicted molar refractivity (Wildman–Crippen MR) is 126 cm³/mol. The molecule has 5 atom stereocenters. The molecule has 1 fully saturated rings. The third-order valence-electron chi connectivity index (χ3n) is 5.43. The minimum absolute atomic E-state index is 0.0481. The number of carbonyl (C=O) groups is 3. The lowest BCUT2D eigenvalue weighted by Gasteiger charge is -2.23. The number of amides is 2. The quantitative estimate of drug-likeness (QED) is 0.337. The highest BCUT2D eigenvalue weighted by Crippen LogP contribution is 2.28. The van der Waals surface area contributed by atoms with E-state index in [2.05, 4.69) is 15.6 Å². The molecule has 1 aromatic rings. The van der Waals surface area contributed by atoms with Crippen molar-refractivity contribution < 1.29 is 38.5 Å². The van der Waals surface area contributed by atoms with Crippen molar-refractivity contribution in [2.45, 2.75) is 103 Å². The van der Waals surface area contributed by atoms with E-state index in [9.17, 15) is 33.8 Å². The van der Waals surface area contributed by atoms with Gasteiger partial charge in [0.25, 0.3) is 0 Å². The summed E-state index contributed by atoms with van der Waals surface area (Å²) in [6.45, 7) is 7.93. The first-order valence-electron chi connectivity index (χ1n) is 11.8. The summed E-state index contributed by atoms with van der Waals surface area (Å²) >= 11 is 0. The minimum Gasteiger partial charge on any atom is -0.444 e. The average molecular weight is 515 g/mol. The number of hydrogen-bond donors (Lipinski definition) is 4. The zero-order valence-electron chi connectivity index (χ0n) is 21.1. The molecular formula is C23H35FN4O8. The Hall–Kier alpha value is -2.90. The molecule has 1 aromatic heterocycles. The smallest absolute Gasteiger partial charge is 0.408 e. The van der Waals surface area contributed by atoms with Gasteiger partial charge in [0, 0.05) is 6.42 Å². The SMILES string of the molecule is CC(=O)CCCCCC(NC(=O)OC(C)(C)C)C(=O)Nc1nc(=O)n([C@@H]2O[C@H](C)[C@H](O)C2O)cc1F. The van der Waals surface area contributed by atoms with E-state index < -0.39 is 65.5 Å². The Kier molecular flexibility index (Phi) is 10.1. The van der Waals surface area contributed by atoms with Gasteiger partial charge in [0.1, 0.15) is 29.6 Å². The van der Waals surface area contributed by atoms with E-state index in [4.69, 9.17) is 9.47 Å². The largest absolute Gasteiger partial charge is 0.444 e. The first-order chi connectivity index (χ1) is 16.7. The number of nitrogens with one attached hydrogen (secondary N) is 2. The fourth-order valence-corrected chi connectivity index (χ4v) is 3.59. The van der Waals surface area contributed by atoms with Gasteiger partial charge in [-0.15, -0.1) is 0 Å². The van der Waals surface area contributed by atoms with E-state index in [-0.39, 0.29) is 12.2 Å². The van der Waals surface area contributed by atoms with E-state index >= 15 is 0 Å². The Morgan fingerprint density at radius 1 is 1.22 bits per heavy atom. The topological polar surface area (TPSA) is 169 Å². The number of halogens is 1. The highest BCUT2D eigenvalue weighted by atomic mass is 19.1. The lowest BCUT2D eigenvalue weighted by Crippen LogP contribution is -2.46. The second kappa shape index (κ2) is 12.4. The molecule has 12 nitrogen and oxygen atoms in total. The van der Waals surface area contributed by atoms with Crippen LogP contribution in [0.2, 0.25) is 0 Å². The monoisotopic (exact) mass is 514 g/mol. The van der Waals surface area contributed by atoms with Crippen LogP contribution in [0.4, 0.5) is 15.0 Å². The maximum Gasteiger partial charge on any atom is 0.408 e. The summed E-state index contributed by atoms with van der Waals surface area (Å²) < 4.78 is 26.0. The van der Waals surface area contributed by atoms with Crippen molar-refractivity contribution in [1.82, 2.24) is 14.9 Å². The summed E-state index contributed by atoms with van der Waals surface area (Å²) in [5, 5.41) is 24.6. The van der Waals surface area contributed by atoms with Crippen LogP contribution in [0.1, 0.15) is 73.0 Å². The maximum absolute atomic E-state index is 14.8. The number of nitrogens with zero attached hydrogens (tertiary/aromatic N) is 2. The van der Waals surface area contributed by atoms with Crippen molar-refractivity contribution >= 4 is 23.6 Å².